The van der Waals surface area contributed by atoms with Crippen LogP contribution in [0.2, 0.25) is 0 Å². The second kappa shape index (κ2) is 6.27. The highest BCUT2D eigenvalue weighted by molar-refractivity contribution is 7.99. The Morgan fingerprint density at radius 2 is 2.17 bits per heavy atom. The summed E-state index contributed by atoms with van der Waals surface area (Å²) in [4.78, 5) is 9.14. The maximum atomic E-state index is 4.61. The number of hydrogen-bond donors (Lipinski definition) is 2. The van der Waals surface area contributed by atoms with Gasteiger partial charge in [0.1, 0.15) is 17.5 Å². The van der Waals surface area contributed by atoms with E-state index in [4.69, 9.17) is 0 Å². The molecule has 5 heteroatoms. The maximum absolute atomic E-state index is 4.61. The van der Waals surface area contributed by atoms with Crippen LogP contribution in [0.25, 0.3) is 0 Å². The molecule has 0 radical (unpaired) electrons. The van der Waals surface area contributed by atoms with Crippen LogP contribution in [0, 0.1) is 0 Å². The molecule has 1 saturated heterocycles. The van der Waals surface area contributed by atoms with Crippen molar-refractivity contribution in [1.82, 2.24) is 9.97 Å². The monoisotopic (exact) mass is 266 g/mol. The van der Waals surface area contributed by atoms with Gasteiger partial charge in [-0.25, -0.2) is 9.97 Å². The van der Waals surface area contributed by atoms with Gasteiger partial charge in [0.2, 0.25) is 0 Å². The Kier molecular flexibility index (Phi) is 4.69. The van der Waals surface area contributed by atoms with Crippen molar-refractivity contribution in [2.75, 3.05) is 28.7 Å². The first-order valence-corrected chi connectivity index (χ1v) is 7.81. The molecule has 1 unspecified atom stereocenters. The van der Waals surface area contributed by atoms with Gasteiger partial charge in [-0.15, -0.1) is 0 Å². The lowest BCUT2D eigenvalue weighted by Crippen LogP contribution is -2.20. The van der Waals surface area contributed by atoms with Gasteiger partial charge in [0, 0.05) is 30.3 Å². The zero-order valence-corrected chi connectivity index (χ0v) is 12.2. The van der Waals surface area contributed by atoms with Crippen LogP contribution in [-0.2, 0) is 0 Å². The first-order chi connectivity index (χ1) is 8.69. The lowest BCUT2D eigenvalue weighted by molar-refractivity contribution is 0.761. The summed E-state index contributed by atoms with van der Waals surface area (Å²) in [6.45, 7) is 7.21. The van der Waals surface area contributed by atoms with Crippen molar-refractivity contribution in [1.29, 1.82) is 0 Å². The summed E-state index contributed by atoms with van der Waals surface area (Å²) >= 11 is 2.00. The molecule has 2 rings (SSSR count). The van der Waals surface area contributed by atoms with Gasteiger partial charge in [0.15, 0.2) is 0 Å². The molecular formula is C13H22N4S. The summed E-state index contributed by atoms with van der Waals surface area (Å²) in [5, 5.41) is 6.79. The Balaban J connectivity index is 2.16. The standard InChI is InChI=1S/C13H22N4S/c1-4-14-11-7-12(15-10-5-6-18-8-10)17-13(16-11)9(2)3/h7,9-10H,4-6,8H2,1-3H3,(H2,14,15,16,17). The highest BCUT2D eigenvalue weighted by atomic mass is 32.2. The van der Waals surface area contributed by atoms with Gasteiger partial charge in [-0.3, -0.25) is 0 Å². The molecule has 0 saturated carbocycles. The molecule has 1 aliphatic heterocycles. The molecule has 100 valence electrons. The third-order valence-electron chi connectivity index (χ3n) is 2.90. The van der Waals surface area contributed by atoms with E-state index in [1.54, 1.807) is 0 Å². The van der Waals surface area contributed by atoms with Crippen LogP contribution in [-0.4, -0.2) is 34.1 Å². The fourth-order valence-electron chi connectivity index (χ4n) is 1.93. The zero-order valence-electron chi connectivity index (χ0n) is 11.4. The quantitative estimate of drug-likeness (QED) is 0.858. The molecule has 0 aliphatic carbocycles. The molecule has 1 aromatic rings. The van der Waals surface area contributed by atoms with Crippen LogP contribution in [0.15, 0.2) is 6.07 Å². The fraction of sp³-hybridized carbons (Fsp3) is 0.692. The Labute approximate surface area is 113 Å². The van der Waals surface area contributed by atoms with Gasteiger partial charge in [0.25, 0.3) is 0 Å². The van der Waals surface area contributed by atoms with E-state index in [1.807, 2.05) is 17.8 Å². The Morgan fingerprint density at radius 1 is 1.39 bits per heavy atom. The summed E-state index contributed by atoms with van der Waals surface area (Å²) < 4.78 is 0. The average molecular weight is 266 g/mol. The minimum Gasteiger partial charge on any atom is -0.370 e. The molecule has 1 atom stereocenters. The van der Waals surface area contributed by atoms with Crippen molar-refractivity contribution < 1.29 is 0 Å². The van der Waals surface area contributed by atoms with E-state index in [1.165, 1.54) is 17.9 Å². The minimum atomic E-state index is 0.349. The van der Waals surface area contributed by atoms with Crippen LogP contribution in [0.3, 0.4) is 0 Å². The zero-order chi connectivity index (χ0) is 13.0. The van der Waals surface area contributed by atoms with Crippen molar-refractivity contribution in [3.63, 3.8) is 0 Å². The largest absolute Gasteiger partial charge is 0.370 e. The maximum Gasteiger partial charge on any atom is 0.135 e. The van der Waals surface area contributed by atoms with Crippen molar-refractivity contribution in [2.24, 2.45) is 0 Å². The number of hydrogen-bond acceptors (Lipinski definition) is 5. The molecule has 2 N–H and O–H groups in total. The van der Waals surface area contributed by atoms with Gasteiger partial charge < -0.3 is 10.6 Å². The van der Waals surface area contributed by atoms with Crippen LogP contribution >= 0.6 is 11.8 Å². The highest BCUT2D eigenvalue weighted by Gasteiger charge is 2.16. The van der Waals surface area contributed by atoms with Crippen molar-refractivity contribution in [3.05, 3.63) is 11.9 Å². The van der Waals surface area contributed by atoms with E-state index in [2.05, 4.69) is 41.4 Å². The second-order valence-electron chi connectivity index (χ2n) is 4.89. The number of nitrogens with zero attached hydrogens (tertiary/aromatic N) is 2. The molecule has 1 fully saturated rings. The van der Waals surface area contributed by atoms with Crippen molar-refractivity contribution >= 4 is 23.4 Å². The van der Waals surface area contributed by atoms with Gasteiger partial charge in [-0.05, 0) is 19.1 Å². The smallest absolute Gasteiger partial charge is 0.135 e. The highest BCUT2D eigenvalue weighted by Crippen LogP contribution is 2.22. The number of nitrogens with one attached hydrogen (secondary N) is 2. The summed E-state index contributed by atoms with van der Waals surface area (Å²) in [5.74, 6) is 5.56. The van der Waals surface area contributed by atoms with Crippen LogP contribution in [0.5, 0.6) is 0 Å². The first kappa shape index (κ1) is 13.5. The van der Waals surface area contributed by atoms with Crippen molar-refractivity contribution in [2.45, 2.75) is 39.2 Å². The normalized spacial score (nSPS) is 19.2. The Morgan fingerprint density at radius 3 is 2.78 bits per heavy atom. The summed E-state index contributed by atoms with van der Waals surface area (Å²) in [6.07, 6.45) is 1.22. The third kappa shape index (κ3) is 3.51. The molecule has 0 bridgehead atoms. The van der Waals surface area contributed by atoms with Crippen LogP contribution < -0.4 is 10.6 Å². The van der Waals surface area contributed by atoms with Gasteiger partial charge >= 0.3 is 0 Å². The van der Waals surface area contributed by atoms with Crippen molar-refractivity contribution in [3.8, 4) is 0 Å². The molecule has 0 aromatic carbocycles. The Bertz CT molecular complexity index is 389. The number of anilines is 2. The molecular weight excluding hydrogens is 244 g/mol. The van der Waals surface area contributed by atoms with E-state index in [0.29, 0.717) is 12.0 Å². The number of rotatable bonds is 5. The van der Waals surface area contributed by atoms with E-state index < -0.39 is 0 Å². The predicted octanol–water partition coefficient (Wildman–Crippen LogP) is 2.95. The van der Waals surface area contributed by atoms with E-state index in [9.17, 15) is 0 Å². The van der Waals surface area contributed by atoms with Gasteiger partial charge in [-0.1, -0.05) is 13.8 Å². The Hall–Kier alpha value is -0.970. The lowest BCUT2D eigenvalue weighted by atomic mass is 10.2. The SMILES string of the molecule is CCNc1cc(NC2CCSC2)nc(C(C)C)n1. The van der Waals surface area contributed by atoms with Gasteiger partial charge in [0.05, 0.1) is 0 Å². The van der Waals surface area contributed by atoms with Crippen LogP contribution in [0.4, 0.5) is 11.6 Å². The summed E-state index contributed by atoms with van der Waals surface area (Å²) in [7, 11) is 0. The fourth-order valence-corrected chi connectivity index (χ4v) is 3.08. The van der Waals surface area contributed by atoms with E-state index >= 15 is 0 Å². The molecule has 2 heterocycles. The molecule has 18 heavy (non-hydrogen) atoms. The molecule has 0 spiro atoms. The number of aromatic nitrogens is 2. The van der Waals surface area contributed by atoms with Gasteiger partial charge in [-0.2, -0.15) is 11.8 Å². The lowest BCUT2D eigenvalue weighted by Gasteiger charge is -2.15. The molecule has 4 nitrogen and oxygen atoms in total. The average Bonchev–Trinajstić information content (AvgIpc) is 2.82. The topological polar surface area (TPSA) is 49.8 Å². The number of thioether (sulfide) groups is 1. The minimum absolute atomic E-state index is 0.349. The summed E-state index contributed by atoms with van der Waals surface area (Å²) in [6, 6.07) is 2.57. The third-order valence-corrected chi connectivity index (χ3v) is 4.06. The van der Waals surface area contributed by atoms with E-state index in [0.717, 1.165) is 24.0 Å². The summed E-state index contributed by atoms with van der Waals surface area (Å²) in [5.41, 5.74) is 0. The predicted molar refractivity (Wildman–Crippen MR) is 79.6 cm³/mol. The second-order valence-corrected chi connectivity index (χ2v) is 6.04. The first-order valence-electron chi connectivity index (χ1n) is 6.66. The van der Waals surface area contributed by atoms with Crippen LogP contribution in [0.1, 0.15) is 38.9 Å². The molecule has 0 amide bonds. The molecule has 1 aromatic heterocycles. The van der Waals surface area contributed by atoms with E-state index in [-0.39, 0.29) is 0 Å². The molecule has 1 aliphatic rings.